The van der Waals surface area contributed by atoms with Crippen LogP contribution in [0.15, 0.2) is 36.5 Å². The average Bonchev–Trinajstić information content (AvgIpc) is 3.65. The van der Waals surface area contributed by atoms with E-state index in [9.17, 15) is 13.6 Å². The van der Waals surface area contributed by atoms with Crippen LogP contribution in [0.4, 0.5) is 33.5 Å². The lowest BCUT2D eigenvalue weighted by Gasteiger charge is -2.44. The minimum Gasteiger partial charge on any atom is -0.363 e. The fourth-order valence-corrected chi connectivity index (χ4v) is 6.13. The van der Waals surface area contributed by atoms with E-state index < -0.39 is 40.8 Å². The van der Waals surface area contributed by atoms with E-state index in [1.54, 1.807) is 13.0 Å². The smallest absolute Gasteiger partial charge is 0.228 e. The van der Waals surface area contributed by atoms with E-state index in [1.165, 1.54) is 28.1 Å². The molecule has 3 N–H and O–H groups in total. The number of likely N-dealkylation sites (tertiary alicyclic amines) is 1. The van der Waals surface area contributed by atoms with Gasteiger partial charge in [-0.05, 0) is 31.0 Å². The second-order valence-corrected chi connectivity index (χ2v) is 11.6. The highest BCUT2D eigenvalue weighted by Crippen LogP contribution is 2.45. The average molecular weight is 592 g/mol. The number of carbonyl (C=O) groups is 1. The fourth-order valence-electron chi connectivity index (χ4n) is 5.96. The van der Waals surface area contributed by atoms with Crippen molar-refractivity contribution in [3.8, 4) is 0 Å². The molecule has 0 unspecified atom stereocenters. The molecule has 3 heterocycles. The summed E-state index contributed by atoms with van der Waals surface area (Å²) in [5.74, 6) is -3.79. The standard InChI is InChI=1S/C29H27ClF5N5O/c1-29(18-3-2-4-19(30)25(18)34)13-40(23-7-20(31)14(8-36)5-22(23)33)10-15-9-37-27(26(35)24(15)29)38-16-11-39(12-16)28(41)17-6-21(17)32/h2-5,7,9,16-17,21H,6,8,10-13,36H2,1H3,(H,37,38)/t17-,21+,29-/m1/s1. The first kappa shape index (κ1) is 27.7. The predicted molar refractivity (Wildman–Crippen MR) is 144 cm³/mol. The molecule has 3 aliphatic rings. The van der Waals surface area contributed by atoms with Gasteiger partial charge in [0.25, 0.3) is 0 Å². The van der Waals surface area contributed by atoms with Crippen LogP contribution in [0.2, 0.25) is 5.02 Å². The number of amides is 1. The lowest BCUT2D eigenvalue weighted by atomic mass is 9.71. The Morgan fingerprint density at radius 3 is 2.59 bits per heavy atom. The third-order valence-electron chi connectivity index (χ3n) is 8.30. The first-order valence-electron chi connectivity index (χ1n) is 13.3. The predicted octanol–water partition coefficient (Wildman–Crippen LogP) is 5.06. The molecule has 216 valence electrons. The van der Waals surface area contributed by atoms with Gasteiger partial charge in [0.2, 0.25) is 5.91 Å². The summed E-state index contributed by atoms with van der Waals surface area (Å²) in [7, 11) is 0. The van der Waals surface area contributed by atoms with Crippen molar-refractivity contribution in [2.24, 2.45) is 11.7 Å². The molecule has 2 aliphatic heterocycles. The molecule has 2 aromatic carbocycles. The monoisotopic (exact) mass is 591 g/mol. The molecule has 12 heteroatoms. The lowest BCUT2D eigenvalue weighted by Crippen LogP contribution is -2.57. The molecule has 0 bridgehead atoms. The third-order valence-corrected chi connectivity index (χ3v) is 8.60. The van der Waals surface area contributed by atoms with E-state index in [2.05, 4.69) is 10.3 Å². The minimum atomic E-state index is -1.40. The molecule has 0 radical (unpaired) electrons. The van der Waals surface area contributed by atoms with E-state index in [1.807, 2.05) is 0 Å². The normalized spacial score (nSPS) is 23.7. The van der Waals surface area contributed by atoms with E-state index >= 15 is 13.2 Å². The Bertz CT molecular complexity index is 1550. The van der Waals surface area contributed by atoms with Crippen molar-refractivity contribution < 1.29 is 26.7 Å². The Kier molecular flexibility index (Phi) is 6.85. The number of anilines is 2. The summed E-state index contributed by atoms with van der Waals surface area (Å²) in [6, 6.07) is 6.16. The Morgan fingerprint density at radius 2 is 1.90 bits per heavy atom. The second kappa shape index (κ2) is 10.1. The number of benzene rings is 2. The van der Waals surface area contributed by atoms with Gasteiger partial charge in [0.05, 0.1) is 22.7 Å². The van der Waals surface area contributed by atoms with Gasteiger partial charge in [-0.15, -0.1) is 0 Å². The zero-order chi connectivity index (χ0) is 29.2. The molecular weight excluding hydrogens is 565 g/mol. The molecule has 1 amide bonds. The van der Waals surface area contributed by atoms with Crippen molar-refractivity contribution >= 4 is 29.0 Å². The summed E-state index contributed by atoms with van der Waals surface area (Å²) in [5, 5.41) is 2.85. The summed E-state index contributed by atoms with van der Waals surface area (Å²) < 4.78 is 74.9. The largest absolute Gasteiger partial charge is 0.363 e. The number of carbonyl (C=O) groups excluding carboxylic acids is 1. The van der Waals surface area contributed by atoms with Crippen LogP contribution in [0.5, 0.6) is 0 Å². The van der Waals surface area contributed by atoms with Crippen LogP contribution in [0, 0.1) is 29.2 Å². The van der Waals surface area contributed by atoms with Crippen LogP contribution in [0.25, 0.3) is 0 Å². The van der Waals surface area contributed by atoms with Crippen molar-refractivity contribution in [3.05, 3.63) is 87.1 Å². The van der Waals surface area contributed by atoms with Gasteiger partial charge in [0.15, 0.2) is 11.6 Å². The van der Waals surface area contributed by atoms with Crippen LogP contribution in [0.3, 0.4) is 0 Å². The van der Waals surface area contributed by atoms with Crippen LogP contribution < -0.4 is 16.0 Å². The molecule has 1 aromatic heterocycles. The third kappa shape index (κ3) is 4.68. The topological polar surface area (TPSA) is 74.5 Å². The molecule has 2 fully saturated rings. The number of fused-ring (bicyclic) bond motifs is 1. The fraction of sp³-hybridized carbons (Fsp3) is 0.379. The number of aromatic nitrogens is 1. The maximum Gasteiger partial charge on any atom is 0.228 e. The number of rotatable bonds is 6. The Balaban J connectivity index is 1.37. The summed E-state index contributed by atoms with van der Waals surface area (Å²) in [4.78, 5) is 19.5. The minimum absolute atomic E-state index is 0.00800. The molecular formula is C29H27ClF5N5O. The van der Waals surface area contributed by atoms with Crippen molar-refractivity contribution in [2.45, 2.75) is 44.1 Å². The van der Waals surface area contributed by atoms with Crippen LogP contribution >= 0.6 is 11.6 Å². The van der Waals surface area contributed by atoms with E-state index in [0.717, 1.165) is 12.1 Å². The maximum atomic E-state index is 16.3. The number of nitrogens with one attached hydrogen (secondary N) is 1. The van der Waals surface area contributed by atoms with Gasteiger partial charge in [-0.3, -0.25) is 4.79 Å². The molecule has 6 rings (SSSR count). The molecule has 3 atom stereocenters. The number of alkyl halides is 1. The van der Waals surface area contributed by atoms with Crippen molar-refractivity contribution in [1.82, 2.24) is 9.88 Å². The number of halogens is 6. The van der Waals surface area contributed by atoms with Gasteiger partial charge in [0, 0.05) is 67.1 Å². The van der Waals surface area contributed by atoms with Crippen LogP contribution in [-0.4, -0.2) is 47.6 Å². The van der Waals surface area contributed by atoms with E-state index in [-0.39, 0.29) is 84.3 Å². The zero-order valence-corrected chi connectivity index (χ0v) is 22.8. The number of pyridine rings is 1. The molecule has 6 nitrogen and oxygen atoms in total. The van der Waals surface area contributed by atoms with Gasteiger partial charge in [0.1, 0.15) is 23.6 Å². The zero-order valence-electron chi connectivity index (χ0n) is 22.0. The van der Waals surface area contributed by atoms with Gasteiger partial charge in [-0.25, -0.2) is 26.9 Å². The SMILES string of the molecule is C[C@]1(c2cccc(Cl)c2F)CN(c2cc(F)c(CN)cc2F)Cc2cnc(NC3CN(C(=O)[C@@H]4C[C@@H]4F)C3)c(F)c21. The first-order chi connectivity index (χ1) is 19.5. The molecule has 0 spiro atoms. The molecule has 41 heavy (non-hydrogen) atoms. The molecule has 3 aromatic rings. The van der Waals surface area contributed by atoms with Crippen molar-refractivity contribution in [1.29, 1.82) is 0 Å². The van der Waals surface area contributed by atoms with Crippen LogP contribution in [-0.2, 0) is 23.3 Å². The summed E-state index contributed by atoms with van der Waals surface area (Å²) in [6.45, 7) is 1.86. The van der Waals surface area contributed by atoms with Gasteiger partial charge < -0.3 is 20.9 Å². The highest BCUT2D eigenvalue weighted by atomic mass is 35.5. The Hall–Kier alpha value is -3.44. The number of hydrogen-bond donors (Lipinski definition) is 2. The number of hydrogen-bond acceptors (Lipinski definition) is 5. The Labute approximate surface area is 238 Å². The van der Waals surface area contributed by atoms with E-state index in [4.69, 9.17) is 17.3 Å². The van der Waals surface area contributed by atoms with Gasteiger partial charge in [-0.1, -0.05) is 23.7 Å². The number of nitrogens with zero attached hydrogens (tertiary/aromatic N) is 3. The highest BCUT2D eigenvalue weighted by Gasteiger charge is 2.48. The molecule has 1 saturated carbocycles. The molecule has 1 aliphatic carbocycles. The number of nitrogens with two attached hydrogens (primary N) is 1. The second-order valence-electron chi connectivity index (χ2n) is 11.2. The van der Waals surface area contributed by atoms with Gasteiger partial charge >= 0.3 is 0 Å². The van der Waals surface area contributed by atoms with Crippen molar-refractivity contribution in [2.75, 3.05) is 29.9 Å². The maximum absolute atomic E-state index is 16.3. The summed E-state index contributed by atoms with van der Waals surface area (Å²) in [5.41, 5.74) is 4.64. The van der Waals surface area contributed by atoms with Crippen molar-refractivity contribution in [3.63, 3.8) is 0 Å². The lowest BCUT2D eigenvalue weighted by molar-refractivity contribution is -0.136. The highest BCUT2D eigenvalue weighted by molar-refractivity contribution is 6.30. The van der Waals surface area contributed by atoms with Crippen LogP contribution in [0.1, 0.15) is 35.6 Å². The quantitative estimate of drug-likeness (QED) is 0.392. The summed E-state index contributed by atoms with van der Waals surface area (Å²) in [6.07, 6.45) is 0.565. The first-order valence-corrected chi connectivity index (χ1v) is 13.6. The Morgan fingerprint density at radius 1 is 1.17 bits per heavy atom. The van der Waals surface area contributed by atoms with E-state index in [0.29, 0.717) is 5.56 Å². The summed E-state index contributed by atoms with van der Waals surface area (Å²) >= 11 is 6.11. The molecule has 1 saturated heterocycles. The van der Waals surface area contributed by atoms with Gasteiger partial charge in [-0.2, -0.15) is 0 Å².